The molecule has 100 valence electrons. The second-order valence-electron chi connectivity index (χ2n) is 4.31. The first-order valence-corrected chi connectivity index (χ1v) is 6.34. The Morgan fingerprint density at radius 3 is 2.84 bits per heavy atom. The number of rotatable bonds is 5. The average molecular weight is 260 g/mol. The molecule has 0 bridgehead atoms. The molecule has 0 aromatic carbocycles. The lowest BCUT2D eigenvalue weighted by Crippen LogP contribution is -2.25. The molecule has 1 atom stereocenters. The van der Waals surface area contributed by atoms with E-state index >= 15 is 0 Å². The first kappa shape index (κ1) is 13.5. The van der Waals surface area contributed by atoms with Crippen molar-refractivity contribution in [3.8, 4) is 0 Å². The molecule has 0 fully saturated rings. The molecule has 2 aromatic heterocycles. The summed E-state index contributed by atoms with van der Waals surface area (Å²) in [6.07, 6.45) is 5.47. The number of pyridine rings is 1. The van der Waals surface area contributed by atoms with Gasteiger partial charge in [0.05, 0.1) is 17.9 Å². The zero-order valence-corrected chi connectivity index (χ0v) is 11.1. The molecule has 2 heterocycles. The molecular weight excluding hydrogens is 243 g/mol. The molecular formula is C14H17FN4. The molecule has 4 nitrogen and oxygen atoms in total. The monoisotopic (exact) mass is 260 g/mol. The molecule has 5 heteroatoms. The van der Waals surface area contributed by atoms with Gasteiger partial charge in [-0.3, -0.25) is 4.98 Å². The minimum atomic E-state index is -0.327. The van der Waals surface area contributed by atoms with Crippen LogP contribution in [0.5, 0.6) is 0 Å². The molecule has 0 aliphatic carbocycles. The van der Waals surface area contributed by atoms with E-state index in [4.69, 9.17) is 0 Å². The van der Waals surface area contributed by atoms with Gasteiger partial charge in [-0.25, -0.2) is 14.4 Å². The maximum absolute atomic E-state index is 13.9. The largest absolute Gasteiger partial charge is 0.305 e. The SMILES string of the molecule is CCCNC(c1ccnc(C)n1)c1ccncc1F. The molecule has 0 aliphatic rings. The Morgan fingerprint density at radius 1 is 1.32 bits per heavy atom. The number of aromatic nitrogens is 3. The smallest absolute Gasteiger partial charge is 0.146 e. The predicted octanol–water partition coefficient (Wildman–Crippen LogP) is 2.41. The Kier molecular flexibility index (Phi) is 4.52. The van der Waals surface area contributed by atoms with E-state index in [0.717, 1.165) is 18.7 Å². The summed E-state index contributed by atoms with van der Waals surface area (Å²) in [6.45, 7) is 4.68. The van der Waals surface area contributed by atoms with Gasteiger partial charge < -0.3 is 5.32 Å². The number of hydrogen-bond acceptors (Lipinski definition) is 4. The van der Waals surface area contributed by atoms with E-state index in [2.05, 4.69) is 27.2 Å². The lowest BCUT2D eigenvalue weighted by atomic mass is 10.0. The predicted molar refractivity (Wildman–Crippen MR) is 71.1 cm³/mol. The van der Waals surface area contributed by atoms with E-state index in [-0.39, 0.29) is 11.9 Å². The second kappa shape index (κ2) is 6.33. The fraction of sp³-hybridized carbons (Fsp3) is 0.357. The van der Waals surface area contributed by atoms with E-state index in [0.29, 0.717) is 11.4 Å². The minimum Gasteiger partial charge on any atom is -0.305 e. The van der Waals surface area contributed by atoms with Gasteiger partial charge in [0.2, 0.25) is 0 Å². The van der Waals surface area contributed by atoms with Crippen LogP contribution in [0.15, 0.2) is 30.7 Å². The van der Waals surface area contributed by atoms with Crippen molar-refractivity contribution in [1.82, 2.24) is 20.3 Å². The maximum atomic E-state index is 13.9. The second-order valence-corrected chi connectivity index (χ2v) is 4.31. The molecule has 0 amide bonds. The molecule has 2 aromatic rings. The van der Waals surface area contributed by atoms with Gasteiger partial charge >= 0.3 is 0 Å². The van der Waals surface area contributed by atoms with Crippen LogP contribution in [0.3, 0.4) is 0 Å². The highest BCUT2D eigenvalue weighted by Gasteiger charge is 2.18. The number of hydrogen-bond donors (Lipinski definition) is 1. The summed E-state index contributed by atoms with van der Waals surface area (Å²) in [5, 5.41) is 3.31. The molecule has 1 unspecified atom stereocenters. The topological polar surface area (TPSA) is 50.7 Å². The van der Waals surface area contributed by atoms with Crippen molar-refractivity contribution < 1.29 is 4.39 Å². The summed E-state index contributed by atoms with van der Waals surface area (Å²) < 4.78 is 13.9. The molecule has 1 N–H and O–H groups in total. The first-order chi connectivity index (χ1) is 9.22. The van der Waals surface area contributed by atoms with E-state index in [9.17, 15) is 4.39 Å². The van der Waals surface area contributed by atoms with E-state index in [1.54, 1.807) is 24.5 Å². The number of aryl methyl sites for hydroxylation is 1. The van der Waals surface area contributed by atoms with Crippen LogP contribution in [0, 0.1) is 12.7 Å². The quantitative estimate of drug-likeness (QED) is 0.897. The van der Waals surface area contributed by atoms with Crippen molar-refractivity contribution in [2.75, 3.05) is 6.54 Å². The van der Waals surface area contributed by atoms with Gasteiger partial charge in [0.1, 0.15) is 11.6 Å². The van der Waals surface area contributed by atoms with Gasteiger partial charge in [-0.15, -0.1) is 0 Å². The van der Waals surface area contributed by atoms with Crippen molar-refractivity contribution in [2.24, 2.45) is 0 Å². The lowest BCUT2D eigenvalue weighted by Gasteiger charge is -2.19. The zero-order valence-electron chi connectivity index (χ0n) is 11.1. The molecule has 0 saturated carbocycles. The van der Waals surface area contributed by atoms with Crippen molar-refractivity contribution in [3.05, 3.63) is 53.6 Å². The summed E-state index contributed by atoms with van der Waals surface area (Å²) in [5.74, 6) is 0.350. The minimum absolute atomic E-state index is 0.273. The van der Waals surface area contributed by atoms with Crippen molar-refractivity contribution in [1.29, 1.82) is 0 Å². The lowest BCUT2D eigenvalue weighted by molar-refractivity contribution is 0.534. The van der Waals surface area contributed by atoms with Crippen LogP contribution in [-0.4, -0.2) is 21.5 Å². The standard InChI is InChI=1S/C14H17FN4/c1-3-6-18-14(11-4-7-16-9-12(11)15)13-5-8-17-10(2)19-13/h4-5,7-9,14,18H,3,6H2,1-2H3. The first-order valence-electron chi connectivity index (χ1n) is 6.34. The third-order valence-electron chi connectivity index (χ3n) is 2.81. The van der Waals surface area contributed by atoms with Crippen LogP contribution in [-0.2, 0) is 0 Å². The molecule has 0 radical (unpaired) electrons. The van der Waals surface area contributed by atoms with Crippen LogP contribution in [0.1, 0.15) is 36.5 Å². The van der Waals surface area contributed by atoms with E-state index < -0.39 is 0 Å². The van der Waals surface area contributed by atoms with Crippen LogP contribution in [0.4, 0.5) is 4.39 Å². The summed E-state index contributed by atoms with van der Waals surface area (Å²) >= 11 is 0. The van der Waals surface area contributed by atoms with Crippen molar-refractivity contribution >= 4 is 0 Å². The van der Waals surface area contributed by atoms with Gasteiger partial charge in [0.15, 0.2) is 0 Å². The molecule has 2 rings (SSSR count). The fourth-order valence-corrected chi connectivity index (χ4v) is 1.92. The summed E-state index contributed by atoms with van der Waals surface area (Å²) in [5.41, 5.74) is 1.33. The Hall–Kier alpha value is -1.88. The summed E-state index contributed by atoms with van der Waals surface area (Å²) in [7, 11) is 0. The highest BCUT2D eigenvalue weighted by molar-refractivity contribution is 5.26. The Bertz CT molecular complexity index is 544. The van der Waals surface area contributed by atoms with Crippen molar-refractivity contribution in [3.63, 3.8) is 0 Å². The summed E-state index contributed by atoms with van der Waals surface area (Å²) in [6, 6.07) is 3.21. The highest BCUT2D eigenvalue weighted by atomic mass is 19.1. The number of nitrogens with one attached hydrogen (secondary N) is 1. The normalized spacial score (nSPS) is 12.4. The molecule has 19 heavy (non-hydrogen) atoms. The van der Waals surface area contributed by atoms with Gasteiger partial charge in [-0.1, -0.05) is 6.92 Å². The Balaban J connectivity index is 2.38. The average Bonchev–Trinajstić information content (AvgIpc) is 2.41. The Labute approximate surface area is 112 Å². The van der Waals surface area contributed by atoms with Crippen molar-refractivity contribution in [2.45, 2.75) is 26.3 Å². The third kappa shape index (κ3) is 3.32. The third-order valence-corrected chi connectivity index (χ3v) is 2.81. The highest BCUT2D eigenvalue weighted by Crippen LogP contribution is 2.22. The maximum Gasteiger partial charge on any atom is 0.146 e. The number of nitrogens with zero attached hydrogens (tertiary/aromatic N) is 3. The van der Waals surface area contributed by atoms with Gasteiger partial charge in [-0.2, -0.15) is 0 Å². The fourth-order valence-electron chi connectivity index (χ4n) is 1.92. The summed E-state index contributed by atoms with van der Waals surface area (Å²) in [4.78, 5) is 12.2. The number of halogens is 1. The van der Waals surface area contributed by atoms with Crippen LogP contribution < -0.4 is 5.32 Å². The van der Waals surface area contributed by atoms with Crippen LogP contribution in [0.25, 0.3) is 0 Å². The molecule has 0 aliphatic heterocycles. The molecule has 0 saturated heterocycles. The van der Waals surface area contributed by atoms with Gasteiger partial charge in [0.25, 0.3) is 0 Å². The van der Waals surface area contributed by atoms with Crippen LogP contribution >= 0.6 is 0 Å². The van der Waals surface area contributed by atoms with E-state index in [1.165, 1.54) is 6.20 Å². The van der Waals surface area contributed by atoms with Gasteiger partial charge in [0, 0.05) is 18.0 Å². The van der Waals surface area contributed by atoms with Gasteiger partial charge in [-0.05, 0) is 32.0 Å². The molecule has 0 spiro atoms. The Morgan fingerprint density at radius 2 is 2.16 bits per heavy atom. The van der Waals surface area contributed by atoms with Crippen LogP contribution in [0.2, 0.25) is 0 Å². The zero-order chi connectivity index (χ0) is 13.7. The van der Waals surface area contributed by atoms with E-state index in [1.807, 2.05) is 6.92 Å².